The first-order valence-corrected chi connectivity index (χ1v) is 6.92. The smallest absolute Gasteiger partial charge is 0.267 e. The Morgan fingerprint density at radius 3 is 3.16 bits per heavy atom. The monoisotopic (exact) mass is 278 g/mol. The Labute approximate surface area is 114 Å². The highest BCUT2D eigenvalue weighted by Gasteiger charge is 2.31. The average molecular weight is 278 g/mol. The first-order valence-electron chi connectivity index (χ1n) is 6.04. The van der Waals surface area contributed by atoms with Crippen LogP contribution in [-0.4, -0.2) is 34.0 Å². The lowest BCUT2D eigenvalue weighted by atomic mass is 10.2. The molecule has 1 aliphatic rings. The van der Waals surface area contributed by atoms with Crippen LogP contribution in [0.1, 0.15) is 11.7 Å². The summed E-state index contributed by atoms with van der Waals surface area (Å²) in [6.07, 6.45) is 1.62. The molecule has 2 atom stereocenters. The second-order valence-corrected chi connectivity index (χ2v) is 5.31. The predicted octanol–water partition coefficient (Wildman–Crippen LogP) is 1.06. The van der Waals surface area contributed by atoms with E-state index in [4.69, 9.17) is 4.74 Å². The van der Waals surface area contributed by atoms with Crippen LogP contribution in [0.3, 0.4) is 0 Å². The van der Waals surface area contributed by atoms with E-state index < -0.39 is 0 Å². The van der Waals surface area contributed by atoms with E-state index in [-0.39, 0.29) is 17.6 Å². The van der Waals surface area contributed by atoms with E-state index in [0.717, 1.165) is 10.8 Å². The molecular weight excluding hydrogens is 264 g/mol. The molecule has 1 fully saturated rings. The summed E-state index contributed by atoms with van der Waals surface area (Å²) in [5, 5.41) is 10.3. The quantitative estimate of drug-likeness (QED) is 0.909. The van der Waals surface area contributed by atoms with Gasteiger partial charge >= 0.3 is 0 Å². The molecule has 0 saturated carbocycles. The molecular formula is C12H14N4O2S. The van der Waals surface area contributed by atoms with Crippen molar-refractivity contribution in [2.45, 2.75) is 19.0 Å². The maximum Gasteiger partial charge on any atom is 0.267 e. The van der Waals surface area contributed by atoms with E-state index in [9.17, 15) is 4.79 Å². The molecule has 7 heteroatoms. The number of nitrogens with zero attached hydrogens (tertiary/aromatic N) is 3. The van der Waals surface area contributed by atoms with Crippen molar-refractivity contribution in [3.63, 3.8) is 0 Å². The van der Waals surface area contributed by atoms with Gasteiger partial charge in [0.25, 0.3) is 5.56 Å². The van der Waals surface area contributed by atoms with Crippen molar-refractivity contribution in [2.24, 2.45) is 0 Å². The fourth-order valence-corrected chi connectivity index (χ4v) is 2.87. The number of ether oxygens (including phenoxy) is 1. The van der Waals surface area contributed by atoms with Crippen molar-refractivity contribution in [1.82, 2.24) is 14.8 Å². The lowest BCUT2D eigenvalue weighted by molar-refractivity contribution is 0.182. The number of hydrogen-bond donors (Lipinski definition) is 1. The molecule has 2 unspecified atom stereocenters. The summed E-state index contributed by atoms with van der Waals surface area (Å²) < 4.78 is 6.95. The Hall–Kier alpha value is -1.73. The zero-order valence-corrected chi connectivity index (χ0v) is 11.3. The standard InChI is InChI=1S/C12H14N4O2S/c1-8-7-19-12(14-8)15-9-5-18-6-10(9)16-11(17)3-2-4-13-16/h2-4,7,9-10H,5-6H2,1H3,(H,14,15). The molecule has 6 nitrogen and oxygen atoms in total. The van der Waals surface area contributed by atoms with E-state index in [1.165, 1.54) is 10.7 Å². The van der Waals surface area contributed by atoms with Crippen molar-refractivity contribution in [2.75, 3.05) is 18.5 Å². The molecule has 2 aromatic heterocycles. The summed E-state index contributed by atoms with van der Waals surface area (Å²) in [5.74, 6) is 0. The van der Waals surface area contributed by atoms with E-state index in [0.29, 0.717) is 13.2 Å². The highest BCUT2D eigenvalue weighted by atomic mass is 32.1. The molecule has 1 N–H and O–H groups in total. The van der Waals surface area contributed by atoms with Gasteiger partial charge in [0.1, 0.15) is 6.04 Å². The number of nitrogens with one attached hydrogen (secondary N) is 1. The molecule has 0 aliphatic carbocycles. The predicted molar refractivity (Wildman–Crippen MR) is 72.6 cm³/mol. The molecule has 0 amide bonds. The normalized spacial score (nSPS) is 22.6. The third kappa shape index (κ3) is 2.52. The number of rotatable bonds is 3. The molecule has 100 valence electrons. The third-order valence-corrected chi connectivity index (χ3v) is 3.93. The van der Waals surface area contributed by atoms with Crippen LogP contribution in [0.4, 0.5) is 5.13 Å². The molecule has 3 heterocycles. The number of hydrogen-bond acceptors (Lipinski definition) is 6. The summed E-state index contributed by atoms with van der Waals surface area (Å²) >= 11 is 1.55. The minimum absolute atomic E-state index is 0.0122. The van der Waals surface area contributed by atoms with E-state index >= 15 is 0 Å². The Bertz CT molecular complexity index is 624. The number of aromatic nitrogens is 3. The van der Waals surface area contributed by atoms with Crippen molar-refractivity contribution in [3.05, 3.63) is 39.8 Å². The molecule has 19 heavy (non-hydrogen) atoms. The number of anilines is 1. The summed E-state index contributed by atoms with van der Waals surface area (Å²) in [5.41, 5.74) is 0.873. The Morgan fingerprint density at radius 2 is 2.42 bits per heavy atom. The number of aryl methyl sites for hydroxylation is 1. The largest absolute Gasteiger partial charge is 0.377 e. The van der Waals surface area contributed by atoms with Gasteiger partial charge in [-0.15, -0.1) is 11.3 Å². The van der Waals surface area contributed by atoms with Crippen molar-refractivity contribution in [3.8, 4) is 0 Å². The van der Waals surface area contributed by atoms with Gasteiger partial charge in [-0.2, -0.15) is 5.10 Å². The van der Waals surface area contributed by atoms with Gasteiger partial charge in [0.2, 0.25) is 0 Å². The van der Waals surface area contributed by atoms with Gasteiger partial charge in [-0.25, -0.2) is 9.67 Å². The topological polar surface area (TPSA) is 69.0 Å². The maximum atomic E-state index is 11.8. The summed E-state index contributed by atoms with van der Waals surface area (Å²) in [6.45, 7) is 2.98. The van der Waals surface area contributed by atoms with E-state index in [2.05, 4.69) is 15.4 Å². The average Bonchev–Trinajstić information content (AvgIpc) is 3.00. The summed E-state index contributed by atoms with van der Waals surface area (Å²) in [6, 6.07) is 3.06. The second kappa shape index (κ2) is 5.10. The van der Waals surface area contributed by atoms with Crippen molar-refractivity contribution >= 4 is 16.5 Å². The highest BCUT2D eigenvalue weighted by Crippen LogP contribution is 2.23. The van der Waals surface area contributed by atoms with Crippen LogP contribution in [0.2, 0.25) is 0 Å². The highest BCUT2D eigenvalue weighted by molar-refractivity contribution is 7.13. The molecule has 1 aliphatic heterocycles. The molecule has 0 spiro atoms. The molecule has 2 aromatic rings. The van der Waals surface area contributed by atoms with Gasteiger partial charge in [0.15, 0.2) is 5.13 Å². The van der Waals surface area contributed by atoms with Gasteiger partial charge < -0.3 is 10.1 Å². The van der Waals surface area contributed by atoms with Crippen LogP contribution >= 0.6 is 11.3 Å². The van der Waals surface area contributed by atoms with E-state index in [1.807, 2.05) is 12.3 Å². The molecule has 0 radical (unpaired) electrons. The molecule has 0 bridgehead atoms. The van der Waals surface area contributed by atoms with Gasteiger partial charge in [0, 0.05) is 17.6 Å². The third-order valence-electron chi connectivity index (χ3n) is 3.03. The molecule has 3 rings (SSSR count). The zero-order valence-electron chi connectivity index (χ0n) is 10.4. The lowest BCUT2D eigenvalue weighted by Crippen LogP contribution is -2.36. The Morgan fingerprint density at radius 1 is 1.53 bits per heavy atom. The van der Waals surface area contributed by atoms with Gasteiger partial charge in [-0.05, 0) is 13.0 Å². The molecule has 0 aromatic carbocycles. The van der Waals surface area contributed by atoms with Crippen LogP contribution in [0, 0.1) is 6.92 Å². The van der Waals surface area contributed by atoms with Crippen molar-refractivity contribution < 1.29 is 4.74 Å². The fourth-order valence-electron chi connectivity index (χ4n) is 2.12. The second-order valence-electron chi connectivity index (χ2n) is 4.46. The summed E-state index contributed by atoms with van der Waals surface area (Å²) in [7, 11) is 0. The first kappa shape index (κ1) is 12.3. The van der Waals surface area contributed by atoms with Crippen LogP contribution in [-0.2, 0) is 4.74 Å². The Balaban J connectivity index is 1.82. The van der Waals surface area contributed by atoms with Gasteiger partial charge in [-0.1, -0.05) is 0 Å². The SMILES string of the molecule is Cc1csc(NC2COCC2n2ncccc2=O)n1. The maximum absolute atomic E-state index is 11.8. The van der Waals surface area contributed by atoms with Crippen LogP contribution in [0.15, 0.2) is 28.5 Å². The Kier molecular flexibility index (Phi) is 3.31. The van der Waals surface area contributed by atoms with Crippen LogP contribution in [0.5, 0.6) is 0 Å². The summed E-state index contributed by atoms with van der Waals surface area (Å²) in [4.78, 5) is 16.2. The lowest BCUT2D eigenvalue weighted by Gasteiger charge is -2.19. The van der Waals surface area contributed by atoms with E-state index in [1.54, 1.807) is 23.6 Å². The van der Waals surface area contributed by atoms with Gasteiger partial charge in [0.05, 0.1) is 24.9 Å². The molecule has 1 saturated heterocycles. The zero-order chi connectivity index (χ0) is 13.2. The minimum atomic E-state index is -0.111. The van der Waals surface area contributed by atoms with Crippen molar-refractivity contribution in [1.29, 1.82) is 0 Å². The minimum Gasteiger partial charge on any atom is -0.377 e. The number of thiazole rings is 1. The van der Waals surface area contributed by atoms with Crippen LogP contribution < -0.4 is 10.9 Å². The fraction of sp³-hybridized carbons (Fsp3) is 0.417. The van der Waals surface area contributed by atoms with Crippen LogP contribution in [0.25, 0.3) is 0 Å². The van der Waals surface area contributed by atoms with Gasteiger partial charge in [-0.3, -0.25) is 4.79 Å². The first-order chi connectivity index (χ1) is 9.24.